The van der Waals surface area contributed by atoms with E-state index in [1.54, 1.807) is 39.0 Å². The van der Waals surface area contributed by atoms with Crippen molar-refractivity contribution < 1.29 is 38.6 Å². The van der Waals surface area contributed by atoms with Crippen LogP contribution in [0.1, 0.15) is 31.1 Å². The van der Waals surface area contributed by atoms with Gasteiger partial charge < -0.3 is 19.8 Å². The summed E-state index contributed by atoms with van der Waals surface area (Å²) >= 11 is 0. The number of rotatable bonds is 1. The number of nitrogens with zero attached hydrogens (tertiary/aromatic N) is 1. The molecular weight excluding hydrogens is 325 g/mol. The number of hydrogen-bond donors (Lipinski definition) is 0. The van der Waals surface area contributed by atoms with Gasteiger partial charge in [0.25, 0.3) is 0 Å². The van der Waals surface area contributed by atoms with Crippen LogP contribution in [0.4, 0.5) is 4.79 Å². The van der Waals surface area contributed by atoms with E-state index in [9.17, 15) is 9.59 Å². The van der Waals surface area contributed by atoms with Crippen LogP contribution in [0, 0.1) is 6.07 Å². The molecule has 0 unspecified atom stereocenters. The van der Waals surface area contributed by atoms with Crippen LogP contribution in [0.2, 0.25) is 0 Å². The third-order valence-corrected chi connectivity index (χ3v) is 1.53. The van der Waals surface area contributed by atoms with E-state index >= 15 is 0 Å². The van der Waals surface area contributed by atoms with E-state index in [0.29, 0.717) is 0 Å². The molecule has 99 valence electrons. The molecule has 6 heteroatoms. The van der Waals surface area contributed by atoms with E-state index < -0.39 is 17.7 Å². The molecular formula is C12H13NO4Rh. The maximum atomic E-state index is 11.4. The Morgan fingerprint density at radius 3 is 2.44 bits per heavy atom. The molecule has 0 aliphatic carbocycles. The summed E-state index contributed by atoms with van der Waals surface area (Å²) in [5.41, 5.74) is 2.67. The van der Waals surface area contributed by atoms with E-state index in [0.717, 1.165) is 0 Å². The minimum Gasteiger partial charge on any atom is -0.511 e. The second-order valence-corrected chi connectivity index (χ2v) is 4.23. The summed E-state index contributed by atoms with van der Waals surface area (Å²) in [4.78, 5) is 26.8. The molecule has 0 heterocycles. The average Bonchev–Trinajstić information content (AvgIpc) is 2.25. The van der Waals surface area contributed by atoms with Gasteiger partial charge in [-0.25, -0.2) is 4.79 Å². The standard InChI is InChI=1S/C12H14NO4.Rh/c1-12(2,3)16-11(15)17-13-10(14)9-7-5-4-6-8-9;/h4-7H,1-3H3,(H,13,14);/q-1;+2/p-1. The number of benzene rings is 1. The van der Waals surface area contributed by atoms with Crippen molar-refractivity contribution in [1.29, 1.82) is 0 Å². The number of ether oxygens (including phenoxy) is 1. The number of carbonyl (C=O) groups excluding carboxylic acids is 2. The molecule has 0 bridgehead atoms. The third-order valence-electron chi connectivity index (χ3n) is 1.53. The second-order valence-electron chi connectivity index (χ2n) is 4.23. The molecule has 0 aliphatic heterocycles. The summed E-state index contributed by atoms with van der Waals surface area (Å²) in [6.07, 6.45) is -1.01. The molecule has 1 aromatic carbocycles. The van der Waals surface area contributed by atoms with Gasteiger partial charge in [0.2, 0.25) is 0 Å². The van der Waals surface area contributed by atoms with Gasteiger partial charge in [-0.3, -0.25) is 0 Å². The van der Waals surface area contributed by atoms with Crippen LogP contribution in [-0.4, -0.2) is 17.7 Å². The van der Waals surface area contributed by atoms with E-state index in [2.05, 4.69) is 16.4 Å². The Morgan fingerprint density at radius 1 is 1.28 bits per heavy atom. The zero-order valence-corrected chi connectivity index (χ0v) is 11.9. The Hall–Kier alpha value is -1.42. The van der Waals surface area contributed by atoms with Crippen molar-refractivity contribution in [3.8, 4) is 0 Å². The molecule has 1 amide bonds. The summed E-state index contributed by atoms with van der Waals surface area (Å²) in [5.74, 6) is -0.684. The fourth-order valence-electron chi connectivity index (χ4n) is 0.923. The maximum absolute atomic E-state index is 11.4. The van der Waals surface area contributed by atoms with Crippen LogP contribution in [-0.2, 0) is 29.1 Å². The van der Waals surface area contributed by atoms with Crippen LogP contribution >= 0.6 is 0 Å². The largest absolute Gasteiger partial charge is 2.00 e. The first-order valence-electron chi connectivity index (χ1n) is 5.00. The van der Waals surface area contributed by atoms with E-state index in [4.69, 9.17) is 4.74 Å². The van der Waals surface area contributed by atoms with Gasteiger partial charge >= 0.3 is 25.6 Å². The fraction of sp³-hybridized carbons (Fsp3) is 0.333. The van der Waals surface area contributed by atoms with E-state index in [1.165, 1.54) is 6.07 Å². The zero-order valence-electron chi connectivity index (χ0n) is 10.2. The van der Waals surface area contributed by atoms with Crippen LogP contribution < -0.4 is 0 Å². The molecule has 5 nitrogen and oxygen atoms in total. The van der Waals surface area contributed by atoms with Crippen LogP contribution in [0.15, 0.2) is 24.3 Å². The van der Waals surface area contributed by atoms with Gasteiger partial charge in [0.1, 0.15) is 5.60 Å². The number of amides is 1. The van der Waals surface area contributed by atoms with Crippen molar-refractivity contribution in [1.82, 2.24) is 0 Å². The molecule has 0 saturated heterocycles. The molecule has 0 fully saturated rings. The van der Waals surface area contributed by atoms with Crippen LogP contribution in [0.5, 0.6) is 0 Å². The van der Waals surface area contributed by atoms with Gasteiger partial charge in [-0.2, -0.15) is 0 Å². The summed E-state index contributed by atoms with van der Waals surface area (Å²) in [5, 5.41) is 0. The molecule has 0 aromatic heterocycles. The van der Waals surface area contributed by atoms with Gasteiger partial charge in [-0.15, -0.1) is 35.9 Å². The number of hydrogen-bond acceptors (Lipinski definition) is 4. The van der Waals surface area contributed by atoms with Gasteiger partial charge in [-0.1, -0.05) is 0 Å². The van der Waals surface area contributed by atoms with Crippen LogP contribution in [0.3, 0.4) is 0 Å². The first-order valence-corrected chi connectivity index (χ1v) is 5.00. The zero-order chi connectivity index (χ0) is 12.9. The summed E-state index contributed by atoms with van der Waals surface area (Å²) in [6, 6.07) is 9.12. The average molecular weight is 338 g/mol. The monoisotopic (exact) mass is 338 g/mol. The number of carbonyl (C=O) groups is 2. The second kappa shape index (κ2) is 7.11. The summed E-state index contributed by atoms with van der Waals surface area (Å²) < 4.78 is 4.81. The summed E-state index contributed by atoms with van der Waals surface area (Å²) in [7, 11) is 0. The molecule has 1 rings (SSSR count). The molecule has 0 N–H and O–H groups in total. The number of hydroxylamine groups is 1. The Morgan fingerprint density at radius 2 is 1.94 bits per heavy atom. The fourth-order valence-corrected chi connectivity index (χ4v) is 0.923. The normalized spacial score (nSPS) is 9.94. The van der Waals surface area contributed by atoms with Crippen molar-refractivity contribution >= 4 is 12.1 Å². The van der Waals surface area contributed by atoms with Crippen molar-refractivity contribution in [2.75, 3.05) is 0 Å². The molecule has 0 atom stereocenters. The van der Waals surface area contributed by atoms with Crippen molar-refractivity contribution in [2.24, 2.45) is 0 Å². The Bertz CT molecular complexity index is 400. The van der Waals surface area contributed by atoms with Crippen molar-refractivity contribution in [2.45, 2.75) is 26.4 Å². The minimum atomic E-state index is -1.01. The Kier molecular flexibility index (Phi) is 6.55. The minimum absolute atomic E-state index is 0. The van der Waals surface area contributed by atoms with Crippen molar-refractivity contribution in [3.63, 3.8) is 0 Å². The first kappa shape index (κ1) is 16.6. The molecule has 0 aliphatic rings. The summed E-state index contributed by atoms with van der Waals surface area (Å²) in [6.45, 7) is 5.04. The van der Waals surface area contributed by atoms with Gasteiger partial charge in [0.05, 0.1) is 0 Å². The maximum Gasteiger partial charge on any atom is 2.00 e. The first-order chi connectivity index (χ1) is 7.88. The molecule has 18 heavy (non-hydrogen) atoms. The molecule has 1 radical (unpaired) electrons. The van der Waals surface area contributed by atoms with Gasteiger partial charge in [0.15, 0.2) is 0 Å². The predicted molar refractivity (Wildman–Crippen MR) is 60.3 cm³/mol. The molecule has 1 aromatic rings. The Labute approximate surface area is 119 Å². The van der Waals surface area contributed by atoms with Crippen LogP contribution in [0.25, 0.3) is 5.48 Å². The Balaban J connectivity index is 0.00000289. The van der Waals surface area contributed by atoms with E-state index in [1.807, 2.05) is 0 Å². The van der Waals surface area contributed by atoms with Gasteiger partial charge in [-0.05, 0) is 20.8 Å². The SMILES string of the molecule is CC(C)(C)OC(=O)O[N-]C(=O)c1[c-]cccc1.[Rh+2]. The predicted octanol–water partition coefficient (Wildman–Crippen LogP) is 2.86. The van der Waals surface area contributed by atoms with Crippen molar-refractivity contribution in [3.05, 3.63) is 41.4 Å². The molecule has 0 saturated carbocycles. The molecule has 0 spiro atoms. The third kappa shape index (κ3) is 6.35. The van der Waals surface area contributed by atoms with Gasteiger partial charge in [0, 0.05) is 5.91 Å². The quantitative estimate of drug-likeness (QED) is 0.342. The smallest absolute Gasteiger partial charge is 0.511 e. The topological polar surface area (TPSA) is 66.7 Å². The van der Waals surface area contributed by atoms with E-state index in [-0.39, 0.29) is 25.0 Å².